The van der Waals surface area contributed by atoms with Crippen LogP contribution in [0, 0.1) is 10.1 Å². The molecule has 1 saturated heterocycles. The second-order valence-corrected chi connectivity index (χ2v) is 7.44. The number of ether oxygens (including phenoxy) is 1. The van der Waals surface area contributed by atoms with Gasteiger partial charge in [-0.1, -0.05) is 18.0 Å². The van der Waals surface area contributed by atoms with Crippen molar-refractivity contribution in [2.24, 2.45) is 0 Å². The molecule has 0 atom stereocenters. The molecule has 7 nitrogen and oxygen atoms in total. The van der Waals surface area contributed by atoms with Crippen molar-refractivity contribution in [1.29, 1.82) is 0 Å². The third-order valence-electron chi connectivity index (χ3n) is 4.85. The van der Waals surface area contributed by atoms with Gasteiger partial charge in [0.25, 0.3) is 5.91 Å². The van der Waals surface area contributed by atoms with Crippen LogP contribution in [0.15, 0.2) is 42.5 Å². The Morgan fingerprint density at radius 1 is 1.14 bits per heavy atom. The van der Waals surface area contributed by atoms with Crippen molar-refractivity contribution in [3.05, 3.63) is 63.2 Å². The largest absolute Gasteiger partial charge is 0.450 e. The minimum Gasteiger partial charge on any atom is -0.450 e. The Morgan fingerprint density at radius 2 is 1.86 bits per heavy atom. The van der Waals surface area contributed by atoms with Gasteiger partial charge in [0.15, 0.2) is 0 Å². The number of nitrogens with zero attached hydrogens (tertiary/aromatic N) is 2. The van der Waals surface area contributed by atoms with E-state index >= 15 is 0 Å². The summed E-state index contributed by atoms with van der Waals surface area (Å²) < 4.78 is 5.59. The Bertz CT molecular complexity index is 852. The molecule has 0 bridgehead atoms. The van der Waals surface area contributed by atoms with Gasteiger partial charge in [-0.2, -0.15) is 0 Å². The van der Waals surface area contributed by atoms with Crippen LogP contribution < -0.4 is 10.1 Å². The van der Waals surface area contributed by atoms with E-state index in [1.165, 1.54) is 37.5 Å². The van der Waals surface area contributed by atoms with Crippen LogP contribution in [-0.2, 0) is 0 Å². The molecule has 2 aromatic rings. The zero-order valence-electron chi connectivity index (χ0n) is 16.1. The zero-order valence-corrected chi connectivity index (χ0v) is 16.9. The number of nitrogens with one attached hydrogen (secondary N) is 1. The Kier molecular flexibility index (Phi) is 7.43. The van der Waals surface area contributed by atoms with E-state index in [0.29, 0.717) is 17.9 Å². The molecule has 0 aliphatic carbocycles. The number of halogens is 1. The Hall–Kier alpha value is -2.64. The van der Waals surface area contributed by atoms with Crippen molar-refractivity contribution in [3.63, 3.8) is 0 Å². The standard InChI is InChI=1S/C21H24ClN3O4/c22-17-7-10-20(19(15-17)25(27)28)29-18-8-5-16(6-9-18)21(26)23-11-4-14-24-12-2-1-3-13-24/h5-10,15H,1-4,11-14H2,(H,23,26). The van der Waals surface area contributed by atoms with Crippen LogP contribution in [0.5, 0.6) is 11.5 Å². The van der Waals surface area contributed by atoms with Crippen molar-refractivity contribution in [3.8, 4) is 11.5 Å². The number of nitro groups is 1. The second kappa shape index (κ2) is 10.2. The molecule has 0 aromatic heterocycles. The summed E-state index contributed by atoms with van der Waals surface area (Å²) in [6.45, 7) is 3.94. The lowest BCUT2D eigenvalue weighted by molar-refractivity contribution is -0.385. The number of amides is 1. The number of piperidine rings is 1. The van der Waals surface area contributed by atoms with E-state index in [2.05, 4.69) is 10.2 Å². The van der Waals surface area contributed by atoms with E-state index < -0.39 is 4.92 Å². The fourth-order valence-electron chi connectivity index (χ4n) is 3.31. The van der Waals surface area contributed by atoms with Crippen molar-refractivity contribution < 1.29 is 14.5 Å². The Morgan fingerprint density at radius 3 is 2.55 bits per heavy atom. The van der Waals surface area contributed by atoms with Crippen LogP contribution in [0.25, 0.3) is 0 Å². The van der Waals surface area contributed by atoms with Gasteiger partial charge < -0.3 is 15.0 Å². The molecule has 1 aliphatic rings. The molecule has 2 aromatic carbocycles. The second-order valence-electron chi connectivity index (χ2n) is 7.01. The van der Waals surface area contributed by atoms with Crippen molar-refractivity contribution in [2.75, 3.05) is 26.2 Å². The normalized spacial score (nSPS) is 14.4. The zero-order chi connectivity index (χ0) is 20.6. The minimum atomic E-state index is -0.549. The highest BCUT2D eigenvalue weighted by Crippen LogP contribution is 2.33. The SMILES string of the molecule is O=C(NCCCN1CCCCC1)c1ccc(Oc2ccc(Cl)cc2[N+](=O)[O-])cc1. The van der Waals surface area contributed by atoms with Crippen LogP contribution in [0.4, 0.5) is 5.69 Å². The van der Waals surface area contributed by atoms with E-state index in [9.17, 15) is 14.9 Å². The highest BCUT2D eigenvalue weighted by atomic mass is 35.5. The van der Waals surface area contributed by atoms with Gasteiger partial charge in [0, 0.05) is 23.2 Å². The predicted octanol–water partition coefficient (Wildman–Crippen LogP) is 4.65. The number of likely N-dealkylation sites (tertiary alicyclic amines) is 1. The van der Waals surface area contributed by atoms with Gasteiger partial charge in [-0.25, -0.2) is 0 Å². The number of hydrogen-bond donors (Lipinski definition) is 1. The molecule has 0 radical (unpaired) electrons. The van der Waals surface area contributed by atoms with Gasteiger partial charge in [-0.05, 0) is 75.3 Å². The number of rotatable bonds is 8. The summed E-state index contributed by atoms with van der Waals surface area (Å²) in [6, 6.07) is 10.7. The van der Waals surface area contributed by atoms with Crippen LogP contribution in [0.3, 0.4) is 0 Å². The molecule has 1 fully saturated rings. The van der Waals surface area contributed by atoms with Gasteiger partial charge in [0.05, 0.1) is 4.92 Å². The topological polar surface area (TPSA) is 84.7 Å². The molecule has 29 heavy (non-hydrogen) atoms. The quantitative estimate of drug-likeness (QED) is 0.384. The van der Waals surface area contributed by atoms with E-state index in [-0.39, 0.29) is 22.4 Å². The molecule has 1 aliphatic heterocycles. The lowest BCUT2D eigenvalue weighted by Crippen LogP contribution is -2.33. The molecule has 1 amide bonds. The highest BCUT2D eigenvalue weighted by molar-refractivity contribution is 6.30. The van der Waals surface area contributed by atoms with Crippen LogP contribution in [0.2, 0.25) is 5.02 Å². The Labute approximate surface area is 174 Å². The first kappa shape index (κ1) is 21.1. The molecule has 0 unspecified atom stereocenters. The number of nitro benzene ring substituents is 1. The van der Waals surface area contributed by atoms with Crippen molar-refractivity contribution >= 4 is 23.2 Å². The summed E-state index contributed by atoms with van der Waals surface area (Å²) in [5, 5.41) is 14.3. The molecule has 0 spiro atoms. The fraction of sp³-hybridized carbons (Fsp3) is 0.381. The third kappa shape index (κ3) is 6.17. The van der Waals surface area contributed by atoms with Gasteiger partial charge in [-0.15, -0.1) is 0 Å². The molecular formula is C21H24ClN3O4. The van der Waals surface area contributed by atoms with Crippen molar-refractivity contribution in [1.82, 2.24) is 10.2 Å². The summed E-state index contributed by atoms with van der Waals surface area (Å²) in [5.74, 6) is 0.346. The maximum absolute atomic E-state index is 12.3. The average molecular weight is 418 g/mol. The molecule has 8 heteroatoms. The van der Waals surface area contributed by atoms with E-state index in [1.54, 1.807) is 24.3 Å². The first-order valence-corrected chi connectivity index (χ1v) is 10.1. The molecular weight excluding hydrogens is 394 g/mol. The number of benzene rings is 2. The summed E-state index contributed by atoms with van der Waals surface area (Å²) in [4.78, 5) is 25.3. The van der Waals surface area contributed by atoms with Gasteiger partial charge >= 0.3 is 5.69 Å². The first-order valence-electron chi connectivity index (χ1n) is 9.75. The lowest BCUT2D eigenvalue weighted by Gasteiger charge is -2.26. The number of carbonyl (C=O) groups excluding carboxylic acids is 1. The third-order valence-corrected chi connectivity index (χ3v) is 5.08. The lowest BCUT2D eigenvalue weighted by atomic mass is 10.1. The highest BCUT2D eigenvalue weighted by Gasteiger charge is 2.17. The van der Waals surface area contributed by atoms with Gasteiger partial charge in [0.2, 0.25) is 5.75 Å². The monoisotopic (exact) mass is 417 g/mol. The smallest absolute Gasteiger partial charge is 0.313 e. The molecule has 3 rings (SSSR count). The number of carbonyl (C=O) groups is 1. The van der Waals surface area contributed by atoms with Crippen LogP contribution >= 0.6 is 11.6 Å². The van der Waals surface area contributed by atoms with E-state index in [1.807, 2.05) is 0 Å². The molecule has 1 N–H and O–H groups in total. The summed E-state index contributed by atoms with van der Waals surface area (Å²) >= 11 is 5.81. The van der Waals surface area contributed by atoms with Crippen molar-refractivity contribution in [2.45, 2.75) is 25.7 Å². The number of hydrogen-bond acceptors (Lipinski definition) is 5. The Balaban J connectivity index is 1.50. The average Bonchev–Trinajstić information content (AvgIpc) is 2.73. The molecule has 1 heterocycles. The summed E-state index contributed by atoms with van der Waals surface area (Å²) in [7, 11) is 0. The molecule has 0 saturated carbocycles. The minimum absolute atomic E-state index is 0.0920. The van der Waals surface area contributed by atoms with E-state index in [4.69, 9.17) is 16.3 Å². The van der Waals surface area contributed by atoms with Crippen LogP contribution in [0.1, 0.15) is 36.0 Å². The maximum Gasteiger partial charge on any atom is 0.313 e. The van der Waals surface area contributed by atoms with Gasteiger partial charge in [0.1, 0.15) is 5.75 Å². The maximum atomic E-state index is 12.3. The summed E-state index contributed by atoms with van der Waals surface area (Å²) in [6.07, 6.45) is 4.77. The first-order chi connectivity index (χ1) is 14.0. The van der Waals surface area contributed by atoms with Crippen LogP contribution in [-0.4, -0.2) is 41.9 Å². The summed E-state index contributed by atoms with van der Waals surface area (Å²) in [5.41, 5.74) is 0.300. The van der Waals surface area contributed by atoms with Gasteiger partial charge in [-0.3, -0.25) is 14.9 Å². The van der Waals surface area contributed by atoms with E-state index in [0.717, 1.165) is 26.1 Å². The fourth-order valence-corrected chi connectivity index (χ4v) is 3.48. The predicted molar refractivity (Wildman–Crippen MR) is 112 cm³/mol. The molecule has 154 valence electrons.